The van der Waals surface area contributed by atoms with Crippen LogP contribution in [0.2, 0.25) is 0 Å². The van der Waals surface area contributed by atoms with E-state index in [1.54, 1.807) is 24.3 Å². The summed E-state index contributed by atoms with van der Waals surface area (Å²) in [4.78, 5) is 12.3. The summed E-state index contributed by atoms with van der Waals surface area (Å²) in [5.74, 6) is 1.00. The van der Waals surface area contributed by atoms with Gasteiger partial charge in [-0.2, -0.15) is 0 Å². The smallest absolute Gasteiger partial charge is 0.193 e. The average Bonchev–Trinajstić information content (AvgIpc) is 2.64. The van der Waals surface area contributed by atoms with Crippen molar-refractivity contribution >= 4 is 5.78 Å². The fourth-order valence-corrected chi connectivity index (χ4v) is 2.41. The summed E-state index contributed by atoms with van der Waals surface area (Å²) in [6.45, 7) is 0.538. The van der Waals surface area contributed by atoms with Crippen LogP contribution < -0.4 is 4.74 Å². The second-order valence-corrected chi connectivity index (χ2v) is 5.48. The molecule has 0 aromatic heterocycles. The minimum atomic E-state index is 0.00578. The standard InChI is InChI=1S/C21H18O3/c22-19-10-6-16(7-11-19)14-15-24-20-12-8-18(9-13-20)21(23)17-4-2-1-3-5-17/h1-13,22H,14-15H2. The van der Waals surface area contributed by atoms with Crippen LogP contribution in [0.3, 0.4) is 0 Å². The molecule has 0 aliphatic carbocycles. The number of hydrogen-bond acceptors (Lipinski definition) is 3. The van der Waals surface area contributed by atoms with Crippen molar-refractivity contribution in [1.82, 2.24) is 0 Å². The van der Waals surface area contributed by atoms with Gasteiger partial charge in [0.2, 0.25) is 0 Å². The normalized spacial score (nSPS) is 10.3. The maximum Gasteiger partial charge on any atom is 0.193 e. The van der Waals surface area contributed by atoms with E-state index in [0.717, 1.165) is 17.7 Å². The first kappa shape index (κ1) is 15.8. The minimum Gasteiger partial charge on any atom is -0.508 e. The summed E-state index contributed by atoms with van der Waals surface area (Å²) in [5.41, 5.74) is 2.43. The predicted octanol–water partition coefficient (Wildman–Crippen LogP) is 4.24. The van der Waals surface area contributed by atoms with E-state index in [1.807, 2.05) is 54.6 Å². The third kappa shape index (κ3) is 4.02. The van der Waals surface area contributed by atoms with E-state index in [0.29, 0.717) is 17.7 Å². The number of hydrogen-bond donors (Lipinski definition) is 1. The molecule has 0 aliphatic rings. The van der Waals surface area contributed by atoms with Gasteiger partial charge in [0.15, 0.2) is 5.78 Å². The van der Waals surface area contributed by atoms with Gasteiger partial charge in [0, 0.05) is 17.5 Å². The molecule has 0 unspecified atom stereocenters. The molecule has 3 rings (SSSR count). The molecule has 0 fully saturated rings. The first-order chi connectivity index (χ1) is 11.7. The van der Waals surface area contributed by atoms with Crippen molar-refractivity contribution in [2.24, 2.45) is 0 Å². The molecule has 1 N–H and O–H groups in total. The summed E-state index contributed by atoms with van der Waals surface area (Å²) >= 11 is 0. The van der Waals surface area contributed by atoms with Gasteiger partial charge in [-0.1, -0.05) is 42.5 Å². The second kappa shape index (κ2) is 7.47. The lowest BCUT2D eigenvalue weighted by Crippen LogP contribution is -2.03. The Morgan fingerprint density at radius 2 is 1.42 bits per heavy atom. The predicted molar refractivity (Wildman–Crippen MR) is 93.6 cm³/mol. The van der Waals surface area contributed by atoms with Crippen molar-refractivity contribution < 1.29 is 14.6 Å². The fraction of sp³-hybridized carbons (Fsp3) is 0.0952. The van der Waals surface area contributed by atoms with E-state index in [-0.39, 0.29) is 11.5 Å². The molecule has 24 heavy (non-hydrogen) atoms. The molecule has 0 heterocycles. The third-order valence-electron chi connectivity index (χ3n) is 3.75. The van der Waals surface area contributed by atoms with Gasteiger partial charge < -0.3 is 9.84 Å². The fourth-order valence-electron chi connectivity index (χ4n) is 2.41. The highest BCUT2D eigenvalue weighted by molar-refractivity contribution is 6.08. The van der Waals surface area contributed by atoms with Crippen LogP contribution in [0.1, 0.15) is 21.5 Å². The maximum absolute atomic E-state index is 12.3. The Bertz CT molecular complexity index is 791. The van der Waals surface area contributed by atoms with E-state index in [9.17, 15) is 9.90 Å². The number of aromatic hydroxyl groups is 1. The lowest BCUT2D eigenvalue weighted by atomic mass is 10.0. The molecule has 0 atom stereocenters. The molecule has 3 aromatic rings. The average molecular weight is 318 g/mol. The van der Waals surface area contributed by atoms with Crippen LogP contribution in [0, 0.1) is 0 Å². The van der Waals surface area contributed by atoms with Gasteiger partial charge in [-0.05, 0) is 42.0 Å². The van der Waals surface area contributed by atoms with Gasteiger partial charge in [-0.25, -0.2) is 0 Å². The number of rotatable bonds is 6. The van der Waals surface area contributed by atoms with Crippen LogP contribution in [0.5, 0.6) is 11.5 Å². The number of carbonyl (C=O) groups excluding carboxylic acids is 1. The molecule has 3 nitrogen and oxygen atoms in total. The van der Waals surface area contributed by atoms with Crippen LogP contribution in [0.25, 0.3) is 0 Å². The Labute approximate surface area is 141 Å². The zero-order valence-electron chi connectivity index (χ0n) is 13.2. The lowest BCUT2D eigenvalue weighted by molar-refractivity contribution is 0.103. The van der Waals surface area contributed by atoms with Gasteiger partial charge in [-0.3, -0.25) is 4.79 Å². The summed E-state index contributed by atoms with van der Waals surface area (Å²) < 4.78 is 5.71. The molecule has 0 saturated heterocycles. The van der Waals surface area contributed by atoms with E-state index in [1.165, 1.54) is 0 Å². The first-order valence-corrected chi connectivity index (χ1v) is 7.83. The zero-order chi connectivity index (χ0) is 16.8. The van der Waals surface area contributed by atoms with E-state index < -0.39 is 0 Å². The van der Waals surface area contributed by atoms with Gasteiger partial charge in [0.05, 0.1) is 6.61 Å². The summed E-state index contributed by atoms with van der Waals surface area (Å²) in [5, 5.41) is 9.25. The van der Waals surface area contributed by atoms with Crippen molar-refractivity contribution in [2.75, 3.05) is 6.61 Å². The van der Waals surface area contributed by atoms with E-state index in [2.05, 4.69) is 0 Å². The van der Waals surface area contributed by atoms with Gasteiger partial charge >= 0.3 is 0 Å². The number of phenols is 1. The SMILES string of the molecule is O=C(c1ccccc1)c1ccc(OCCc2ccc(O)cc2)cc1. The summed E-state index contributed by atoms with van der Waals surface area (Å²) in [6, 6.07) is 23.5. The van der Waals surface area contributed by atoms with E-state index >= 15 is 0 Å². The summed E-state index contributed by atoms with van der Waals surface area (Å²) in [7, 11) is 0. The molecule has 0 bridgehead atoms. The molecule has 0 amide bonds. The molecular weight excluding hydrogens is 300 g/mol. The molecule has 0 radical (unpaired) electrons. The van der Waals surface area contributed by atoms with Gasteiger partial charge in [-0.15, -0.1) is 0 Å². The largest absolute Gasteiger partial charge is 0.508 e. The highest BCUT2D eigenvalue weighted by atomic mass is 16.5. The molecule has 0 saturated carbocycles. The number of ether oxygens (including phenoxy) is 1. The second-order valence-electron chi connectivity index (χ2n) is 5.48. The van der Waals surface area contributed by atoms with Crippen molar-refractivity contribution in [1.29, 1.82) is 0 Å². The van der Waals surface area contributed by atoms with Gasteiger partial charge in [0.25, 0.3) is 0 Å². The molecular formula is C21H18O3. The number of phenolic OH excluding ortho intramolecular Hbond substituents is 1. The topological polar surface area (TPSA) is 46.5 Å². The molecule has 3 heteroatoms. The zero-order valence-corrected chi connectivity index (χ0v) is 13.2. The Kier molecular flexibility index (Phi) is 4.92. The monoisotopic (exact) mass is 318 g/mol. The molecule has 120 valence electrons. The number of benzene rings is 3. The van der Waals surface area contributed by atoms with E-state index in [4.69, 9.17) is 4.74 Å². The van der Waals surface area contributed by atoms with Crippen molar-refractivity contribution in [2.45, 2.75) is 6.42 Å². The Balaban J connectivity index is 1.56. The van der Waals surface area contributed by atoms with Crippen LogP contribution in [-0.4, -0.2) is 17.5 Å². The highest BCUT2D eigenvalue weighted by Gasteiger charge is 2.08. The highest BCUT2D eigenvalue weighted by Crippen LogP contribution is 2.16. The number of carbonyl (C=O) groups is 1. The third-order valence-corrected chi connectivity index (χ3v) is 3.75. The van der Waals surface area contributed by atoms with Crippen LogP contribution in [0.15, 0.2) is 78.9 Å². The van der Waals surface area contributed by atoms with Crippen molar-refractivity contribution in [3.63, 3.8) is 0 Å². The maximum atomic E-state index is 12.3. The van der Waals surface area contributed by atoms with Crippen molar-refractivity contribution in [3.05, 3.63) is 95.6 Å². The Morgan fingerprint density at radius 3 is 2.08 bits per heavy atom. The minimum absolute atomic E-state index is 0.00578. The number of ketones is 1. The van der Waals surface area contributed by atoms with Gasteiger partial charge in [0.1, 0.15) is 11.5 Å². The quantitative estimate of drug-likeness (QED) is 0.691. The van der Waals surface area contributed by atoms with Crippen LogP contribution >= 0.6 is 0 Å². The Morgan fingerprint density at radius 1 is 0.792 bits per heavy atom. The molecule has 3 aromatic carbocycles. The lowest BCUT2D eigenvalue weighted by Gasteiger charge is -2.07. The first-order valence-electron chi connectivity index (χ1n) is 7.83. The van der Waals surface area contributed by atoms with Crippen LogP contribution in [0.4, 0.5) is 0 Å². The van der Waals surface area contributed by atoms with Crippen LogP contribution in [-0.2, 0) is 6.42 Å². The Hall–Kier alpha value is -3.07. The molecule has 0 aliphatic heterocycles. The molecule has 0 spiro atoms. The van der Waals surface area contributed by atoms with Crippen molar-refractivity contribution in [3.8, 4) is 11.5 Å². The summed E-state index contributed by atoms with van der Waals surface area (Å²) in [6.07, 6.45) is 0.755.